The fourth-order valence-corrected chi connectivity index (χ4v) is 0. The predicted molar refractivity (Wildman–Crippen MR) is 44.7 cm³/mol. The van der Waals surface area contributed by atoms with E-state index in [1.54, 1.807) is 0 Å². The molecule has 8 heavy (non-hydrogen) atoms. The van der Waals surface area contributed by atoms with Gasteiger partial charge in [-0.3, -0.25) is 0 Å². The van der Waals surface area contributed by atoms with Gasteiger partial charge in [-0.05, 0) is 6.42 Å². The van der Waals surface area contributed by atoms with Gasteiger partial charge in [-0.15, -0.1) is 0 Å². The maximum atomic E-state index is 4.90. The third-order valence-corrected chi connectivity index (χ3v) is 0. The molecule has 0 aliphatic heterocycles. The first kappa shape index (κ1) is 16.7. The van der Waals surface area contributed by atoms with Crippen LogP contribution in [0.4, 0.5) is 0 Å². The molecule has 0 amide bonds. The Labute approximate surface area is 82.2 Å². The van der Waals surface area contributed by atoms with Crippen LogP contribution in [0, 0.1) is 6.42 Å². The summed E-state index contributed by atoms with van der Waals surface area (Å²) < 4.78 is 0. The SMILES string of the molecule is C[CH]C.[Cl][Mg][Cl].[Li][Cl]. The normalized spacial score (nSPS) is 4.38. The minimum atomic E-state index is -0.639. The van der Waals surface area contributed by atoms with E-state index in [-0.39, 0.29) is 0 Å². The van der Waals surface area contributed by atoms with E-state index in [4.69, 9.17) is 18.1 Å². The van der Waals surface area contributed by atoms with E-state index in [1.165, 1.54) is 16.7 Å². The summed E-state index contributed by atoms with van der Waals surface area (Å²) in [7, 11) is 14.4. The molecule has 0 unspecified atom stereocenters. The summed E-state index contributed by atoms with van der Waals surface area (Å²) in [5.74, 6) is 0. The minimum absolute atomic E-state index is 0.639. The quantitative estimate of drug-likeness (QED) is 0.503. The summed E-state index contributed by atoms with van der Waals surface area (Å²) in [6.45, 7) is 4.00. The number of rotatable bonds is 0. The zero-order valence-corrected chi connectivity index (χ0v) is 9.10. The van der Waals surface area contributed by atoms with Gasteiger partial charge in [0.25, 0.3) is 0 Å². The molecule has 0 bridgehead atoms. The topological polar surface area (TPSA) is 0 Å². The third-order valence-electron chi connectivity index (χ3n) is 0. The van der Waals surface area contributed by atoms with E-state index < -0.39 is 18.2 Å². The Morgan fingerprint density at radius 1 is 1.25 bits per heavy atom. The van der Waals surface area contributed by atoms with Crippen LogP contribution in [0.1, 0.15) is 13.8 Å². The van der Waals surface area contributed by atoms with Crippen molar-refractivity contribution in [3.63, 3.8) is 0 Å². The van der Waals surface area contributed by atoms with Gasteiger partial charge in [0.1, 0.15) is 0 Å². The Morgan fingerprint density at radius 3 is 1.25 bits per heavy atom. The first-order chi connectivity index (χ1) is 3.83. The molecule has 5 heteroatoms. The van der Waals surface area contributed by atoms with Gasteiger partial charge in [-0.25, -0.2) is 0 Å². The van der Waals surface area contributed by atoms with Crippen LogP contribution in [0.3, 0.4) is 0 Å². The Hall–Kier alpha value is 2.23. The van der Waals surface area contributed by atoms with E-state index in [1.807, 2.05) is 20.3 Å². The zero-order chi connectivity index (χ0) is 7.41. The summed E-state index contributed by atoms with van der Waals surface area (Å²) in [6.07, 6.45) is 2.00. The average molecular weight is 181 g/mol. The molecule has 43 valence electrons. The number of halogens is 3. The molecule has 0 aromatic rings. The van der Waals surface area contributed by atoms with Crippen LogP contribution in [-0.2, 0) is 0 Å². The Morgan fingerprint density at radius 2 is 1.25 bits per heavy atom. The van der Waals surface area contributed by atoms with Crippen LogP contribution in [0.25, 0.3) is 0 Å². The Kier molecular flexibility index (Phi) is 72.8. The fraction of sp³-hybridized carbons (Fsp3) is 0.667. The van der Waals surface area contributed by atoms with Crippen molar-refractivity contribution in [3.05, 3.63) is 6.42 Å². The molecule has 0 rings (SSSR count). The third kappa shape index (κ3) is 86.4. The summed E-state index contributed by atoms with van der Waals surface area (Å²) in [6, 6.07) is 0. The molecule has 0 nitrogen and oxygen atoms in total. The number of hydrogen-bond donors (Lipinski definition) is 0. The summed E-state index contributed by atoms with van der Waals surface area (Å²) in [4.78, 5) is 0. The molecule has 0 aromatic heterocycles. The monoisotopic (exact) mass is 179 g/mol. The van der Waals surface area contributed by atoms with Crippen molar-refractivity contribution >= 4 is 62.8 Å². The maximum absolute atomic E-state index is 4.90. The molecule has 0 fully saturated rings. The molecule has 1 radical (unpaired) electrons. The molecule has 0 heterocycles. The van der Waals surface area contributed by atoms with Crippen LogP contribution >= 0.6 is 27.9 Å². The molecule has 0 atom stereocenters. The molecule has 0 saturated carbocycles. The first-order valence-corrected chi connectivity index (χ1v) is 7.10. The summed E-state index contributed by atoms with van der Waals surface area (Å²) in [5.41, 5.74) is 0. The fourth-order valence-electron chi connectivity index (χ4n) is 0. The second-order valence-electron chi connectivity index (χ2n) is 0.678. The molecule has 0 aliphatic rings. The molecular formula is C3H7Cl3LiMg. The number of hydrogen-bond acceptors (Lipinski definition) is 0. The summed E-state index contributed by atoms with van der Waals surface area (Å²) >= 11 is 0.833. The van der Waals surface area contributed by atoms with Gasteiger partial charge < -0.3 is 18.1 Å². The van der Waals surface area contributed by atoms with Crippen LogP contribution in [0.2, 0.25) is 0 Å². The van der Waals surface area contributed by atoms with Gasteiger partial charge in [0.15, 0.2) is 0 Å². The van der Waals surface area contributed by atoms with Crippen molar-refractivity contribution in [2.45, 2.75) is 13.8 Å². The van der Waals surface area contributed by atoms with Crippen molar-refractivity contribution in [1.82, 2.24) is 0 Å². The van der Waals surface area contributed by atoms with Crippen LogP contribution < -0.4 is 0 Å². The van der Waals surface area contributed by atoms with Crippen LogP contribution in [0.15, 0.2) is 0 Å². The average Bonchev–Trinajstić information content (AvgIpc) is 1.75. The van der Waals surface area contributed by atoms with Crippen LogP contribution in [-0.4, -0.2) is 34.9 Å². The summed E-state index contributed by atoms with van der Waals surface area (Å²) in [5, 5.41) is 0. The molecule has 0 aromatic carbocycles. The Balaban J connectivity index is -0.0000000483. The molecule has 0 N–H and O–H groups in total. The second kappa shape index (κ2) is 34.9. The molecule has 0 aliphatic carbocycles. The first-order valence-electron chi connectivity index (χ1n) is 2.07. The van der Waals surface area contributed by atoms with Gasteiger partial charge in [0, 0.05) is 0 Å². The van der Waals surface area contributed by atoms with Gasteiger partial charge in [0.05, 0.1) is 0 Å². The zero-order valence-electron chi connectivity index (χ0n) is 5.42. The van der Waals surface area contributed by atoms with E-state index >= 15 is 0 Å². The van der Waals surface area contributed by atoms with Crippen molar-refractivity contribution in [2.24, 2.45) is 0 Å². The van der Waals surface area contributed by atoms with E-state index in [9.17, 15) is 0 Å². The molecular weight excluding hydrogens is 174 g/mol. The van der Waals surface area contributed by atoms with Crippen molar-refractivity contribution in [2.75, 3.05) is 0 Å². The van der Waals surface area contributed by atoms with Crippen molar-refractivity contribution < 1.29 is 0 Å². The van der Waals surface area contributed by atoms with Gasteiger partial charge >= 0.3 is 44.7 Å². The van der Waals surface area contributed by atoms with E-state index in [0.29, 0.717) is 0 Å². The van der Waals surface area contributed by atoms with Crippen molar-refractivity contribution in [3.8, 4) is 0 Å². The second-order valence-corrected chi connectivity index (χ2v) is 3.30. The van der Waals surface area contributed by atoms with E-state index in [0.717, 1.165) is 0 Å². The van der Waals surface area contributed by atoms with Gasteiger partial charge in [-0.2, -0.15) is 0 Å². The van der Waals surface area contributed by atoms with Crippen molar-refractivity contribution in [1.29, 1.82) is 0 Å². The van der Waals surface area contributed by atoms with Gasteiger partial charge in [-0.1, -0.05) is 13.8 Å². The molecule has 0 saturated heterocycles. The van der Waals surface area contributed by atoms with E-state index in [2.05, 4.69) is 9.80 Å². The standard InChI is InChI=1S/C3H7.3ClH.Li.Mg/c1-3-2;;;;;/h3H,1-2H3;3*1H;;/q;;;;+1;+2/p-3. The Bertz CT molecular complexity index is 16.5. The van der Waals surface area contributed by atoms with Crippen LogP contribution in [0.5, 0.6) is 0 Å². The molecule has 0 spiro atoms. The predicted octanol–water partition coefficient (Wildman–Crippen LogP) is 2.54. The van der Waals surface area contributed by atoms with Gasteiger partial charge in [0.2, 0.25) is 0 Å².